The first-order chi connectivity index (χ1) is 15.3. The van der Waals surface area contributed by atoms with Gasteiger partial charge in [0, 0.05) is 23.5 Å². The van der Waals surface area contributed by atoms with E-state index in [1.165, 1.54) is 5.56 Å². The molecule has 31 heavy (non-hydrogen) atoms. The summed E-state index contributed by atoms with van der Waals surface area (Å²) in [5.74, 6) is 1.51. The fraction of sp³-hybridized carbons (Fsp3) is 0.154. The normalized spacial score (nSPS) is 12.9. The molecular weight excluding hydrogens is 386 g/mol. The second-order valence-electron chi connectivity index (χ2n) is 7.35. The Hall–Kier alpha value is -3.86. The maximum atomic E-state index is 5.78. The molecule has 0 saturated carbocycles. The highest BCUT2D eigenvalue weighted by Gasteiger charge is 2.16. The maximum absolute atomic E-state index is 5.78. The summed E-state index contributed by atoms with van der Waals surface area (Å²) in [6.07, 6.45) is 4.87. The van der Waals surface area contributed by atoms with Crippen LogP contribution in [0, 0.1) is 0 Å². The number of rotatable bonds is 5. The molecule has 154 valence electrons. The Morgan fingerprint density at radius 3 is 2.61 bits per heavy atom. The van der Waals surface area contributed by atoms with E-state index >= 15 is 0 Å². The van der Waals surface area contributed by atoms with Crippen molar-refractivity contribution in [2.75, 3.05) is 13.2 Å². The van der Waals surface area contributed by atoms with Gasteiger partial charge >= 0.3 is 0 Å². The lowest BCUT2D eigenvalue weighted by Crippen LogP contribution is -2.15. The van der Waals surface area contributed by atoms with Crippen molar-refractivity contribution in [3.8, 4) is 28.4 Å². The summed E-state index contributed by atoms with van der Waals surface area (Å²) >= 11 is 0. The van der Waals surface area contributed by atoms with Gasteiger partial charge in [-0.15, -0.1) is 0 Å². The molecule has 5 nitrogen and oxygen atoms in total. The summed E-state index contributed by atoms with van der Waals surface area (Å²) < 4.78 is 13.3. The molecule has 3 aromatic carbocycles. The number of para-hydroxylation sites is 1. The van der Waals surface area contributed by atoms with Crippen LogP contribution in [-0.2, 0) is 6.42 Å². The Morgan fingerprint density at radius 2 is 1.77 bits per heavy atom. The van der Waals surface area contributed by atoms with Crippen LogP contribution in [0.2, 0.25) is 0 Å². The smallest absolute Gasteiger partial charge is 0.162 e. The molecule has 0 unspecified atom stereocenters. The van der Waals surface area contributed by atoms with E-state index < -0.39 is 0 Å². The second kappa shape index (κ2) is 8.48. The first kappa shape index (κ1) is 19.1. The van der Waals surface area contributed by atoms with Crippen molar-refractivity contribution in [1.29, 1.82) is 0 Å². The molecule has 0 radical (unpaired) electrons. The van der Waals surface area contributed by atoms with Crippen LogP contribution in [0.15, 0.2) is 84.0 Å². The summed E-state index contributed by atoms with van der Waals surface area (Å²) in [5, 5.41) is 4.87. The van der Waals surface area contributed by atoms with Gasteiger partial charge < -0.3 is 9.47 Å². The standard InChI is InChI=1S/C26H23N3O2/c1-2-19-7-6-8-22(15-19)27-17-21-18-29(23-9-4-3-5-10-23)28-26(21)20-11-12-24-25(16-20)31-14-13-30-24/h3-12,15-18H,2,13-14H2,1H3. The van der Waals surface area contributed by atoms with Gasteiger partial charge in [0.2, 0.25) is 0 Å². The summed E-state index contributed by atoms with van der Waals surface area (Å²) in [5.41, 5.74) is 5.93. The minimum absolute atomic E-state index is 0.553. The van der Waals surface area contributed by atoms with Crippen molar-refractivity contribution in [2.45, 2.75) is 13.3 Å². The largest absolute Gasteiger partial charge is 0.486 e. The molecule has 5 heteroatoms. The minimum Gasteiger partial charge on any atom is -0.486 e. The number of nitrogens with zero attached hydrogens (tertiary/aromatic N) is 3. The number of aromatic nitrogens is 2. The van der Waals surface area contributed by atoms with Crippen LogP contribution in [0.3, 0.4) is 0 Å². The molecule has 0 bridgehead atoms. The highest BCUT2D eigenvalue weighted by molar-refractivity contribution is 5.90. The lowest BCUT2D eigenvalue weighted by Gasteiger charge is -2.18. The molecular formula is C26H23N3O2. The van der Waals surface area contributed by atoms with E-state index in [1.807, 2.05) is 77.8 Å². The number of hydrogen-bond donors (Lipinski definition) is 0. The SMILES string of the molecule is CCc1cccc(N=Cc2cn(-c3ccccc3)nc2-c2ccc3c(c2)OCCO3)c1. The van der Waals surface area contributed by atoms with E-state index in [0.717, 1.165) is 46.1 Å². The molecule has 5 rings (SSSR count). The number of benzene rings is 3. The Bertz CT molecular complexity index is 1230. The van der Waals surface area contributed by atoms with Gasteiger partial charge in [0.15, 0.2) is 11.5 Å². The summed E-state index contributed by atoms with van der Waals surface area (Å²) in [6.45, 7) is 3.27. The van der Waals surface area contributed by atoms with Gasteiger partial charge in [-0.25, -0.2) is 4.68 Å². The molecule has 0 spiro atoms. The van der Waals surface area contributed by atoms with Gasteiger partial charge in [-0.3, -0.25) is 4.99 Å². The Kier molecular flexibility index (Phi) is 5.23. The molecule has 1 aliphatic rings. The van der Waals surface area contributed by atoms with Crippen LogP contribution in [0.4, 0.5) is 5.69 Å². The van der Waals surface area contributed by atoms with Gasteiger partial charge in [0.05, 0.1) is 11.4 Å². The highest BCUT2D eigenvalue weighted by atomic mass is 16.6. The zero-order valence-corrected chi connectivity index (χ0v) is 17.4. The number of ether oxygens (including phenoxy) is 2. The van der Waals surface area contributed by atoms with Gasteiger partial charge in [-0.05, 0) is 54.4 Å². The summed E-state index contributed by atoms with van der Waals surface area (Å²) in [4.78, 5) is 4.73. The van der Waals surface area contributed by atoms with Crippen LogP contribution in [0.1, 0.15) is 18.1 Å². The first-order valence-electron chi connectivity index (χ1n) is 10.5. The third-order valence-electron chi connectivity index (χ3n) is 5.25. The molecule has 0 fully saturated rings. The second-order valence-corrected chi connectivity index (χ2v) is 7.35. The lowest BCUT2D eigenvalue weighted by atomic mass is 10.1. The molecule has 0 N–H and O–H groups in total. The van der Waals surface area contributed by atoms with Gasteiger partial charge in [-0.1, -0.05) is 37.3 Å². The predicted molar refractivity (Wildman–Crippen MR) is 123 cm³/mol. The maximum Gasteiger partial charge on any atom is 0.162 e. The van der Waals surface area contributed by atoms with E-state index in [4.69, 9.17) is 19.6 Å². The van der Waals surface area contributed by atoms with E-state index in [2.05, 4.69) is 19.1 Å². The molecule has 0 aliphatic carbocycles. The average Bonchev–Trinajstić information content (AvgIpc) is 3.27. The van der Waals surface area contributed by atoms with Crippen LogP contribution >= 0.6 is 0 Å². The van der Waals surface area contributed by atoms with Crippen molar-refractivity contribution in [3.05, 3.63) is 90.1 Å². The Morgan fingerprint density at radius 1 is 0.935 bits per heavy atom. The Balaban J connectivity index is 1.57. The fourth-order valence-corrected chi connectivity index (χ4v) is 3.61. The van der Waals surface area contributed by atoms with Crippen LogP contribution < -0.4 is 9.47 Å². The van der Waals surface area contributed by atoms with E-state index in [0.29, 0.717) is 13.2 Å². The number of fused-ring (bicyclic) bond motifs is 1. The molecule has 0 amide bonds. The molecule has 0 atom stereocenters. The quantitative estimate of drug-likeness (QED) is 0.402. The van der Waals surface area contributed by atoms with Crippen molar-refractivity contribution in [1.82, 2.24) is 9.78 Å². The molecule has 2 heterocycles. The number of hydrogen-bond acceptors (Lipinski definition) is 4. The van der Waals surface area contributed by atoms with E-state index in [9.17, 15) is 0 Å². The number of aliphatic imine (C=N–C) groups is 1. The van der Waals surface area contributed by atoms with Crippen molar-refractivity contribution < 1.29 is 9.47 Å². The third-order valence-corrected chi connectivity index (χ3v) is 5.25. The van der Waals surface area contributed by atoms with E-state index in [1.54, 1.807) is 0 Å². The van der Waals surface area contributed by atoms with Crippen molar-refractivity contribution in [3.63, 3.8) is 0 Å². The van der Waals surface area contributed by atoms with E-state index in [-0.39, 0.29) is 0 Å². The predicted octanol–water partition coefficient (Wildman–Crippen LogP) is 5.62. The molecule has 1 aromatic heterocycles. The van der Waals surface area contributed by atoms with Gasteiger partial charge in [0.25, 0.3) is 0 Å². The summed E-state index contributed by atoms with van der Waals surface area (Å²) in [6, 6.07) is 24.3. The van der Waals surface area contributed by atoms with Crippen molar-refractivity contribution >= 4 is 11.9 Å². The zero-order chi connectivity index (χ0) is 21.0. The number of aryl methyl sites for hydroxylation is 1. The Labute approximate surface area is 181 Å². The van der Waals surface area contributed by atoms with Crippen LogP contribution in [-0.4, -0.2) is 29.2 Å². The average molecular weight is 409 g/mol. The zero-order valence-electron chi connectivity index (χ0n) is 17.4. The minimum atomic E-state index is 0.553. The molecule has 1 aliphatic heterocycles. The summed E-state index contributed by atoms with van der Waals surface area (Å²) in [7, 11) is 0. The lowest BCUT2D eigenvalue weighted by molar-refractivity contribution is 0.171. The van der Waals surface area contributed by atoms with Crippen molar-refractivity contribution in [2.24, 2.45) is 4.99 Å². The fourth-order valence-electron chi connectivity index (χ4n) is 3.61. The van der Waals surface area contributed by atoms with Crippen LogP contribution in [0.25, 0.3) is 16.9 Å². The third kappa shape index (κ3) is 4.08. The van der Waals surface area contributed by atoms with Crippen LogP contribution in [0.5, 0.6) is 11.5 Å². The van der Waals surface area contributed by atoms with Gasteiger partial charge in [0.1, 0.15) is 18.9 Å². The molecule has 4 aromatic rings. The monoisotopic (exact) mass is 409 g/mol. The highest BCUT2D eigenvalue weighted by Crippen LogP contribution is 2.35. The van der Waals surface area contributed by atoms with Gasteiger partial charge in [-0.2, -0.15) is 5.10 Å². The molecule has 0 saturated heterocycles. The topological polar surface area (TPSA) is 48.6 Å². The first-order valence-corrected chi connectivity index (χ1v) is 10.5.